The quantitative estimate of drug-likeness (QED) is 0.607. The summed E-state index contributed by atoms with van der Waals surface area (Å²) in [4.78, 5) is 27.3. The number of rotatable bonds is 4. The first-order valence-corrected chi connectivity index (χ1v) is 9.31. The van der Waals surface area contributed by atoms with E-state index in [9.17, 15) is 14.0 Å². The van der Waals surface area contributed by atoms with Gasteiger partial charge in [-0.15, -0.1) is 0 Å². The Bertz CT molecular complexity index is 1160. The van der Waals surface area contributed by atoms with Crippen LogP contribution >= 0.6 is 11.6 Å². The summed E-state index contributed by atoms with van der Waals surface area (Å²) < 4.78 is 14.4. The van der Waals surface area contributed by atoms with E-state index in [4.69, 9.17) is 11.6 Å². The predicted molar refractivity (Wildman–Crippen MR) is 112 cm³/mol. The zero-order valence-corrected chi connectivity index (χ0v) is 16.2. The van der Waals surface area contributed by atoms with Crippen LogP contribution in [0.15, 0.2) is 78.5 Å². The molecule has 1 N–H and O–H groups in total. The molecule has 1 aliphatic heterocycles. The van der Waals surface area contributed by atoms with E-state index < -0.39 is 17.6 Å². The van der Waals surface area contributed by atoms with Crippen LogP contribution in [0, 0.1) is 12.7 Å². The number of carbonyl (C=O) groups is 2. The van der Waals surface area contributed by atoms with Crippen LogP contribution in [0.4, 0.5) is 15.8 Å². The van der Waals surface area contributed by atoms with Crippen LogP contribution in [0.1, 0.15) is 11.1 Å². The maximum atomic E-state index is 14.4. The summed E-state index contributed by atoms with van der Waals surface area (Å²) in [5, 5.41) is 3.63. The number of benzene rings is 3. The molecule has 0 saturated heterocycles. The Labute approximate surface area is 172 Å². The summed E-state index contributed by atoms with van der Waals surface area (Å²) >= 11 is 6.02. The standard InChI is InChI=1S/C23H16ClFN2O2/c1-14-13-16(24)11-12-18(14)26-21-20(15-7-3-2-4-8-15)22(28)27(23(21)29)19-10-6-5-9-17(19)25/h2-13,26H,1H3. The zero-order valence-electron chi connectivity index (χ0n) is 15.4. The molecule has 0 saturated carbocycles. The van der Waals surface area contributed by atoms with Crippen LogP contribution in [0.25, 0.3) is 5.57 Å². The number of anilines is 2. The van der Waals surface area contributed by atoms with E-state index in [-0.39, 0.29) is 17.0 Å². The number of amides is 2. The van der Waals surface area contributed by atoms with Crippen molar-refractivity contribution < 1.29 is 14.0 Å². The summed E-state index contributed by atoms with van der Waals surface area (Å²) in [5.74, 6) is -1.85. The highest BCUT2D eigenvalue weighted by molar-refractivity contribution is 6.46. The van der Waals surface area contributed by atoms with Gasteiger partial charge >= 0.3 is 0 Å². The van der Waals surface area contributed by atoms with E-state index in [1.54, 1.807) is 48.5 Å². The van der Waals surface area contributed by atoms with Crippen LogP contribution in [0.2, 0.25) is 5.02 Å². The highest BCUT2D eigenvalue weighted by Gasteiger charge is 2.41. The Balaban J connectivity index is 1.85. The minimum atomic E-state index is -0.648. The van der Waals surface area contributed by atoms with E-state index in [1.807, 2.05) is 13.0 Å². The molecule has 0 bridgehead atoms. The van der Waals surface area contributed by atoms with Crippen molar-refractivity contribution in [3.8, 4) is 0 Å². The molecule has 0 radical (unpaired) electrons. The highest BCUT2D eigenvalue weighted by atomic mass is 35.5. The fourth-order valence-electron chi connectivity index (χ4n) is 3.27. The van der Waals surface area contributed by atoms with Crippen LogP contribution in [0.5, 0.6) is 0 Å². The lowest BCUT2D eigenvalue weighted by Crippen LogP contribution is -2.33. The van der Waals surface area contributed by atoms with Crippen LogP contribution in [-0.4, -0.2) is 11.8 Å². The summed E-state index contributed by atoms with van der Waals surface area (Å²) in [5.41, 5.74) is 2.21. The maximum absolute atomic E-state index is 14.4. The van der Waals surface area contributed by atoms with E-state index in [2.05, 4.69) is 5.32 Å². The summed E-state index contributed by atoms with van der Waals surface area (Å²) in [6.45, 7) is 1.84. The Morgan fingerprint density at radius 1 is 0.897 bits per heavy atom. The fourth-order valence-corrected chi connectivity index (χ4v) is 3.50. The zero-order chi connectivity index (χ0) is 20.5. The number of para-hydroxylation sites is 1. The Morgan fingerprint density at radius 3 is 2.28 bits per heavy atom. The topological polar surface area (TPSA) is 49.4 Å². The maximum Gasteiger partial charge on any atom is 0.282 e. The molecule has 29 heavy (non-hydrogen) atoms. The van der Waals surface area contributed by atoms with Gasteiger partial charge in [0.15, 0.2) is 0 Å². The van der Waals surface area contributed by atoms with Crippen molar-refractivity contribution in [2.75, 3.05) is 10.2 Å². The second-order valence-corrected chi connectivity index (χ2v) is 7.03. The van der Waals surface area contributed by atoms with Crippen molar-refractivity contribution in [2.45, 2.75) is 6.92 Å². The van der Waals surface area contributed by atoms with E-state index in [1.165, 1.54) is 18.2 Å². The van der Waals surface area contributed by atoms with Crippen molar-refractivity contribution in [1.82, 2.24) is 0 Å². The highest BCUT2D eigenvalue weighted by Crippen LogP contribution is 2.35. The largest absolute Gasteiger partial charge is 0.350 e. The van der Waals surface area contributed by atoms with Crippen molar-refractivity contribution in [1.29, 1.82) is 0 Å². The van der Waals surface area contributed by atoms with E-state index >= 15 is 0 Å². The van der Waals surface area contributed by atoms with Crippen molar-refractivity contribution >= 4 is 40.4 Å². The van der Waals surface area contributed by atoms with Gasteiger partial charge in [-0.3, -0.25) is 9.59 Å². The number of nitrogens with zero attached hydrogens (tertiary/aromatic N) is 1. The van der Waals surface area contributed by atoms with E-state index in [0.29, 0.717) is 16.3 Å². The van der Waals surface area contributed by atoms with E-state index in [0.717, 1.165) is 10.5 Å². The second kappa shape index (κ2) is 7.53. The molecule has 0 unspecified atom stereocenters. The molecule has 1 aliphatic rings. The van der Waals surface area contributed by atoms with Gasteiger partial charge in [-0.2, -0.15) is 0 Å². The first-order chi connectivity index (χ1) is 14.0. The van der Waals surface area contributed by atoms with Gasteiger partial charge < -0.3 is 5.32 Å². The van der Waals surface area contributed by atoms with Gasteiger partial charge in [0, 0.05) is 10.7 Å². The third kappa shape index (κ3) is 3.41. The first-order valence-electron chi connectivity index (χ1n) is 8.93. The molecule has 1 heterocycles. The molecule has 0 aliphatic carbocycles. The lowest BCUT2D eigenvalue weighted by molar-refractivity contribution is -0.120. The first kappa shape index (κ1) is 18.9. The van der Waals surface area contributed by atoms with Crippen LogP contribution in [-0.2, 0) is 9.59 Å². The lowest BCUT2D eigenvalue weighted by Gasteiger charge is -2.16. The van der Waals surface area contributed by atoms with Gasteiger partial charge in [0.2, 0.25) is 0 Å². The number of halogens is 2. The van der Waals surface area contributed by atoms with Crippen molar-refractivity contribution in [2.24, 2.45) is 0 Å². The number of carbonyl (C=O) groups excluding carboxylic acids is 2. The minimum Gasteiger partial charge on any atom is -0.350 e. The number of aryl methyl sites for hydroxylation is 1. The summed E-state index contributed by atoms with van der Waals surface area (Å²) in [6.07, 6.45) is 0. The average Bonchev–Trinajstić information content (AvgIpc) is 2.95. The minimum absolute atomic E-state index is 0.0828. The second-order valence-electron chi connectivity index (χ2n) is 6.60. The molecule has 0 spiro atoms. The average molecular weight is 407 g/mol. The Kier molecular flexibility index (Phi) is 4.91. The van der Waals surface area contributed by atoms with Gasteiger partial charge in [-0.1, -0.05) is 54.1 Å². The SMILES string of the molecule is Cc1cc(Cl)ccc1NC1=C(c2ccccc2)C(=O)N(c2ccccc2F)C1=O. The molecular weight excluding hydrogens is 391 g/mol. The monoisotopic (exact) mass is 406 g/mol. The van der Waals surface area contributed by atoms with Crippen molar-refractivity contribution in [3.05, 3.63) is 100 Å². The van der Waals surface area contributed by atoms with Gasteiger partial charge in [0.1, 0.15) is 11.5 Å². The van der Waals surface area contributed by atoms with Gasteiger partial charge in [-0.05, 0) is 48.4 Å². The van der Waals surface area contributed by atoms with Gasteiger partial charge in [0.05, 0.1) is 11.3 Å². The third-order valence-corrected chi connectivity index (χ3v) is 4.92. The smallest absolute Gasteiger partial charge is 0.282 e. The molecule has 0 atom stereocenters. The molecule has 144 valence electrons. The molecule has 3 aromatic rings. The van der Waals surface area contributed by atoms with Crippen LogP contribution in [0.3, 0.4) is 0 Å². The molecule has 6 heteroatoms. The van der Waals surface area contributed by atoms with Gasteiger partial charge in [-0.25, -0.2) is 9.29 Å². The molecule has 4 rings (SSSR count). The Hall–Kier alpha value is -3.44. The molecule has 4 nitrogen and oxygen atoms in total. The molecule has 2 amide bonds. The molecule has 0 aromatic heterocycles. The number of hydrogen-bond donors (Lipinski definition) is 1. The number of nitrogens with one attached hydrogen (secondary N) is 1. The predicted octanol–water partition coefficient (Wildman–Crippen LogP) is 5.18. The summed E-state index contributed by atoms with van der Waals surface area (Å²) in [6, 6.07) is 19.7. The summed E-state index contributed by atoms with van der Waals surface area (Å²) in [7, 11) is 0. The number of hydrogen-bond acceptors (Lipinski definition) is 3. The Morgan fingerprint density at radius 2 is 1.59 bits per heavy atom. The number of imide groups is 1. The van der Waals surface area contributed by atoms with Gasteiger partial charge in [0.25, 0.3) is 11.8 Å². The lowest BCUT2D eigenvalue weighted by atomic mass is 10.0. The van der Waals surface area contributed by atoms with Crippen LogP contribution < -0.4 is 10.2 Å². The molecule has 3 aromatic carbocycles. The molecule has 0 fully saturated rings. The third-order valence-electron chi connectivity index (χ3n) is 4.69. The van der Waals surface area contributed by atoms with Crippen molar-refractivity contribution in [3.63, 3.8) is 0 Å². The fraction of sp³-hybridized carbons (Fsp3) is 0.0435. The normalized spacial score (nSPS) is 14.0. The molecular formula is C23H16ClFN2O2.